The summed E-state index contributed by atoms with van der Waals surface area (Å²) in [5.74, 6) is 1.09. The van der Waals surface area contributed by atoms with Crippen molar-refractivity contribution in [3.05, 3.63) is 66.4 Å². The van der Waals surface area contributed by atoms with Gasteiger partial charge in [-0.25, -0.2) is 14.4 Å². The van der Waals surface area contributed by atoms with E-state index < -0.39 is 0 Å². The summed E-state index contributed by atoms with van der Waals surface area (Å²) in [6, 6.07) is 14.7. The third-order valence-electron chi connectivity index (χ3n) is 6.23. The van der Waals surface area contributed by atoms with Crippen LogP contribution in [0.3, 0.4) is 0 Å². The van der Waals surface area contributed by atoms with Crippen LogP contribution in [0.2, 0.25) is 0 Å². The lowest BCUT2D eigenvalue weighted by Crippen LogP contribution is -2.23. The highest BCUT2D eigenvalue weighted by Crippen LogP contribution is 2.30. The Morgan fingerprint density at radius 3 is 2.68 bits per heavy atom. The van der Waals surface area contributed by atoms with Gasteiger partial charge in [-0.2, -0.15) is 0 Å². The summed E-state index contributed by atoms with van der Waals surface area (Å²) < 4.78 is 21.5. The van der Waals surface area contributed by atoms with E-state index in [-0.39, 0.29) is 11.7 Å². The van der Waals surface area contributed by atoms with Crippen LogP contribution in [-0.2, 0) is 11.3 Å². The molecular formula is C26H26FN5O2. The number of carbonyl (C=O) groups is 1. The minimum Gasteiger partial charge on any atom is -0.496 e. The van der Waals surface area contributed by atoms with Gasteiger partial charge in [-0.3, -0.25) is 4.79 Å². The molecule has 174 valence electrons. The van der Waals surface area contributed by atoms with Crippen LogP contribution in [-0.4, -0.2) is 40.6 Å². The fourth-order valence-electron chi connectivity index (χ4n) is 4.53. The molecule has 0 saturated carbocycles. The second-order valence-corrected chi connectivity index (χ2v) is 8.39. The van der Waals surface area contributed by atoms with Crippen LogP contribution in [0.15, 0.2) is 54.9 Å². The van der Waals surface area contributed by atoms with E-state index >= 15 is 0 Å². The predicted molar refractivity (Wildman–Crippen MR) is 131 cm³/mol. The van der Waals surface area contributed by atoms with Crippen molar-refractivity contribution in [3.8, 4) is 17.0 Å². The molecule has 1 aliphatic heterocycles. The third kappa shape index (κ3) is 4.19. The number of benzene rings is 2. The molecule has 2 aromatic carbocycles. The van der Waals surface area contributed by atoms with Crippen molar-refractivity contribution in [3.63, 3.8) is 0 Å². The number of rotatable bonds is 7. The van der Waals surface area contributed by atoms with Crippen molar-refractivity contribution >= 4 is 28.3 Å². The molecule has 2 aromatic heterocycles. The lowest BCUT2D eigenvalue weighted by Gasteiger charge is -2.16. The van der Waals surface area contributed by atoms with Crippen molar-refractivity contribution in [1.82, 2.24) is 14.5 Å². The van der Waals surface area contributed by atoms with Gasteiger partial charge in [-0.05, 0) is 37.6 Å². The highest BCUT2D eigenvalue weighted by molar-refractivity contribution is 5.95. The number of methoxy groups -OCH3 is 1. The van der Waals surface area contributed by atoms with Gasteiger partial charge in [-0.1, -0.05) is 12.1 Å². The number of amides is 1. The summed E-state index contributed by atoms with van der Waals surface area (Å²) in [4.78, 5) is 22.5. The zero-order chi connectivity index (χ0) is 23.7. The maximum Gasteiger partial charge on any atom is 0.227 e. The van der Waals surface area contributed by atoms with Gasteiger partial charge in [0.1, 0.15) is 23.7 Å². The molecule has 1 aliphatic rings. The topological polar surface area (TPSA) is 72.3 Å². The fraction of sp³-hybridized carbons (Fsp3) is 0.269. The maximum atomic E-state index is 14.1. The molecular weight excluding hydrogens is 433 g/mol. The van der Waals surface area contributed by atoms with Gasteiger partial charge in [0.25, 0.3) is 0 Å². The van der Waals surface area contributed by atoms with Crippen LogP contribution >= 0.6 is 0 Å². The SMILES string of the molecule is COc1cc(F)cc2c1cc(C)n2CCNc1cc(-c2ccc(N3CCCC3=O)cc2)ncn1. The average Bonchev–Trinajstić information content (AvgIpc) is 3.41. The van der Waals surface area contributed by atoms with Crippen LogP contribution in [0.1, 0.15) is 18.5 Å². The van der Waals surface area contributed by atoms with Crippen LogP contribution in [0.5, 0.6) is 5.75 Å². The highest BCUT2D eigenvalue weighted by atomic mass is 19.1. The standard InChI is InChI=1S/C26H26FN5O2/c1-17-12-21-23(13-19(27)14-24(21)34-2)31(17)11-9-28-25-15-22(29-16-30-25)18-5-7-20(8-6-18)32-10-3-4-26(32)33/h5-8,12-16H,3-4,9-11H2,1-2H3,(H,28,29,30). The normalized spacial score (nSPS) is 13.6. The first-order valence-corrected chi connectivity index (χ1v) is 11.3. The first kappa shape index (κ1) is 21.9. The van der Waals surface area contributed by atoms with Crippen molar-refractivity contribution in [2.75, 3.05) is 30.4 Å². The molecule has 0 atom stereocenters. The molecule has 0 spiro atoms. The number of ether oxygens (including phenoxy) is 1. The van der Waals surface area contributed by atoms with E-state index in [9.17, 15) is 9.18 Å². The van der Waals surface area contributed by atoms with E-state index in [2.05, 4.69) is 19.9 Å². The number of hydrogen-bond acceptors (Lipinski definition) is 5. The first-order chi connectivity index (χ1) is 16.5. The van der Waals surface area contributed by atoms with Gasteiger partial charge in [0.15, 0.2) is 0 Å². The van der Waals surface area contributed by atoms with Gasteiger partial charge < -0.3 is 19.5 Å². The Morgan fingerprint density at radius 2 is 1.94 bits per heavy atom. The Hall–Kier alpha value is -3.94. The van der Waals surface area contributed by atoms with E-state index in [0.29, 0.717) is 31.1 Å². The molecule has 1 N–H and O–H groups in total. The zero-order valence-electron chi connectivity index (χ0n) is 19.2. The predicted octanol–water partition coefficient (Wildman–Crippen LogP) is 4.79. The molecule has 4 aromatic rings. The Bertz CT molecular complexity index is 1350. The van der Waals surface area contributed by atoms with Gasteiger partial charge in [-0.15, -0.1) is 0 Å². The minimum atomic E-state index is -0.322. The molecule has 0 aliphatic carbocycles. The van der Waals surface area contributed by atoms with Crippen molar-refractivity contribution in [2.24, 2.45) is 0 Å². The van der Waals surface area contributed by atoms with E-state index in [1.807, 2.05) is 48.2 Å². The van der Waals surface area contributed by atoms with Crippen LogP contribution in [0, 0.1) is 12.7 Å². The summed E-state index contributed by atoms with van der Waals surface area (Å²) in [6.07, 6.45) is 3.05. The van der Waals surface area contributed by atoms with Crippen molar-refractivity contribution in [1.29, 1.82) is 0 Å². The Morgan fingerprint density at radius 1 is 1.12 bits per heavy atom. The van der Waals surface area contributed by atoms with Crippen LogP contribution in [0.4, 0.5) is 15.9 Å². The van der Waals surface area contributed by atoms with Crippen LogP contribution in [0.25, 0.3) is 22.2 Å². The molecule has 1 saturated heterocycles. The highest BCUT2D eigenvalue weighted by Gasteiger charge is 2.21. The van der Waals surface area contributed by atoms with Gasteiger partial charge in [0.05, 0.1) is 18.3 Å². The van der Waals surface area contributed by atoms with Crippen LogP contribution < -0.4 is 15.0 Å². The van der Waals surface area contributed by atoms with Gasteiger partial charge in [0, 0.05) is 60.5 Å². The number of aryl methyl sites for hydroxylation is 1. The number of halogens is 1. The number of carbonyl (C=O) groups excluding carboxylic acids is 1. The largest absolute Gasteiger partial charge is 0.496 e. The molecule has 5 rings (SSSR count). The Kier molecular flexibility index (Phi) is 5.88. The van der Waals surface area contributed by atoms with E-state index in [1.165, 1.54) is 18.5 Å². The van der Waals surface area contributed by atoms with E-state index in [1.54, 1.807) is 7.11 Å². The molecule has 1 amide bonds. The summed E-state index contributed by atoms with van der Waals surface area (Å²) >= 11 is 0. The molecule has 1 fully saturated rings. The number of aromatic nitrogens is 3. The second-order valence-electron chi connectivity index (χ2n) is 8.39. The number of nitrogens with one attached hydrogen (secondary N) is 1. The summed E-state index contributed by atoms with van der Waals surface area (Å²) in [5.41, 5.74) is 4.50. The molecule has 0 bridgehead atoms. The van der Waals surface area contributed by atoms with Crippen molar-refractivity contribution < 1.29 is 13.9 Å². The van der Waals surface area contributed by atoms with Crippen molar-refractivity contribution in [2.45, 2.75) is 26.3 Å². The quantitative estimate of drug-likeness (QED) is 0.430. The fourth-order valence-corrected chi connectivity index (χ4v) is 4.53. The number of anilines is 2. The number of hydrogen-bond donors (Lipinski definition) is 1. The number of fused-ring (bicyclic) bond motifs is 1. The smallest absolute Gasteiger partial charge is 0.227 e. The maximum absolute atomic E-state index is 14.1. The van der Waals surface area contributed by atoms with Gasteiger partial charge >= 0.3 is 0 Å². The van der Waals surface area contributed by atoms with E-state index in [4.69, 9.17) is 4.74 Å². The summed E-state index contributed by atoms with van der Waals surface area (Å²) in [5, 5.41) is 4.23. The summed E-state index contributed by atoms with van der Waals surface area (Å²) in [7, 11) is 1.55. The molecule has 34 heavy (non-hydrogen) atoms. The number of nitrogens with zero attached hydrogens (tertiary/aromatic N) is 4. The average molecular weight is 460 g/mol. The Balaban J connectivity index is 1.29. The third-order valence-corrected chi connectivity index (χ3v) is 6.23. The van der Waals surface area contributed by atoms with Gasteiger partial charge in [0.2, 0.25) is 5.91 Å². The lowest BCUT2D eigenvalue weighted by molar-refractivity contribution is -0.117. The molecule has 0 unspecified atom stereocenters. The second kappa shape index (κ2) is 9.13. The molecule has 3 heterocycles. The molecule has 0 radical (unpaired) electrons. The molecule has 7 nitrogen and oxygen atoms in total. The molecule has 8 heteroatoms. The monoisotopic (exact) mass is 459 g/mol. The van der Waals surface area contributed by atoms with E-state index in [0.717, 1.165) is 46.5 Å². The lowest BCUT2D eigenvalue weighted by atomic mass is 10.1. The minimum absolute atomic E-state index is 0.174. The Labute approximate surface area is 197 Å². The summed E-state index contributed by atoms with van der Waals surface area (Å²) in [6.45, 7) is 4.02. The first-order valence-electron chi connectivity index (χ1n) is 11.3. The zero-order valence-corrected chi connectivity index (χ0v) is 19.2.